The molecule has 7 heteroatoms. The molecule has 0 saturated carbocycles. The van der Waals surface area contributed by atoms with Crippen molar-refractivity contribution >= 4 is 21.5 Å². The van der Waals surface area contributed by atoms with E-state index in [1.807, 2.05) is 6.07 Å². The largest absolute Gasteiger partial charge is 0.497 e. The summed E-state index contributed by atoms with van der Waals surface area (Å²) in [5.74, 6) is 0.350. The highest BCUT2D eigenvalue weighted by Crippen LogP contribution is 2.34. The summed E-state index contributed by atoms with van der Waals surface area (Å²) < 4.78 is 32.3. The van der Waals surface area contributed by atoms with Crippen LogP contribution >= 0.6 is 0 Å². The molecule has 122 valence electrons. The normalized spacial score (nSPS) is 14.0. The zero-order valence-corrected chi connectivity index (χ0v) is 13.7. The number of nitriles is 1. The molecule has 0 N–H and O–H groups in total. The second-order valence-electron chi connectivity index (χ2n) is 5.24. The molecule has 0 spiro atoms. The van der Waals surface area contributed by atoms with Crippen LogP contribution in [0.3, 0.4) is 0 Å². The Morgan fingerprint density at radius 2 is 1.96 bits per heavy atom. The molecular weight excluding hydrogens is 328 g/mol. The van der Waals surface area contributed by atoms with Gasteiger partial charge in [0.05, 0.1) is 18.4 Å². The van der Waals surface area contributed by atoms with E-state index in [4.69, 9.17) is 4.74 Å². The van der Waals surface area contributed by atoms with Gasteiger partial charge in [-0.15, -0.1) is 0 Å². The number of anilines is 1. The molecule has 0 atom stereocenters. The van der Waals surface area contributed by atoms with Gasteiger partial charge in [-0.1, -0.05) is 12.1 Å². The minimum absolute atomic E-state index is 0.0419. The molecule has 0 radical (unpaired) electrons. The number of sulfonamides is 1. The number of methoxy groups -OCH3 is 1. The maximum atomic E-state index is 13.0. The summed E-state index contributed by atoms with van der Waals surface area (Å²) in [6.45, 7) is 0.0419. The van der Waals surface area contributed by atoms with Crippen LogP contribution in [-0.2, 0) is 10.0 Å². The van der Waals surface area contributed by atoms with Gasteiger partial charge >= 0.3 is 0 Å². The average molecular weight is 342 g/mol. The summed E-state index contributed by atoms with van der Waals surface area (Å²) in [5, 5.41) is 9.18. The highest BCUT2D eigenvalue weighted by Gasteiger charge is 2.33. The highest BCUT2D eigenvalue weighted by atomic mass is 32.2. The van der Waals surface area contributed by atoms with Gasteiger partial charge in [-0.3, -0.25) is 9.10 Å². The predicted octanol–water partition coefficient (Wildman–Crippen LogP) is 2.35. The van der Waals surface area contributed by atoms with Crippen LogP contribution in [0.4, 0.5) is 5.69 Å². The van der Waals surface area contributed by atoms with Gasteiger partial charge in [0.15, 0.2) is 5.78 Å². The van der Waals surface area contributed by atoms with Crippen molar-refractivity contribution in [2.45, 2.75) is 11.3 Å². The van der Waals surface area contributed by atoms with Gasteiger partial charge < -0.3 is 4.74 Å². The fourth-order valence-electron chi connectivity index (χ4n) is 2.69. The smallest absolute Gasteiger partial charge is 0.265 e. The Kier molecular flexibility index (Phi) is 3.99. The minimum Gasteiger partial charge on any atom is -0.497 e. The van der Waals surface area contributed by atoms with Gasteiger partial charge in [0.1, 0.15) is 16.7 Å². The molecule has 0 unspecified atom stereocenters. The van der Waals surface area contributed by atoms with Crippen LogP contribution < -0.4 is 9.04 Å². The number of benzene rings is 2. The van der Waals surface area contributed by atoms with Crippen molar-refractivity contribution in [2.24, 2.45) is 0 Å². The summed E-state index contributed by atoms with van der Waals surface area (Å²) >= 11 is 0. The number of ether oxygens (including phenoxy) is 1. The fraction of sp³-hybridized carbons (Fsp3) is 0.176. The van der Waals surface area contributed by atoms with Crippen molar-refractivity contribution in [1.82, 2.24) is 0 Å². The quantitative estimate of drug-likeness (QED) is 0.854. The molecule has 2 aromatic rings. The Labute approximate surface area is 139 Å². The van der Waals surface area contributed by atoms with E-state index in [2.05, 4.69) is 0 Å². The molecule has 0 bridgehead atoms. The molecule has 24 heavy (non-hydrogen) atoms. The van der Waals surface area contributed by atoms with Gasteiger partial charge in [0, 0.05) is 18.5 Å². The molecular formula is C17H14N2O4S. The summed E-state index contributed by atoms with van der Waals surface area (Å²) in [7, 11) is -2.46. The van der Waals surface area contributed by atoms with E-state index in [-0.39, 0.29) is 29.2 Å². The van der Waals surface area contributed by atoms with Crippen molar-refractivity contribution < 1.29 is 17.9 Å². The third-order valence-corrected chi connectivity index (χ3v) is 5.76. The van der Waals surface area contributed by atoms with Crippen LogP contribution in [0.2, 0.25) is 0 Å². The van der Waals surface area contributed by atoms with Gasteiger partial charge in [-0.2, -0.15) is 5.26 Å². The van der Waals surface area contributed by atoms with E-state index >= 15 is 0 Å². The van der Waals surface area contributed by atoms with E-state index in [0.29, 0.717) is 17.0 Å². The fourth-order valence-corrected chi connectivity index (χ4v) is 4.32. The third kappa shape index (κ3) is 2.51. The highest BCUT2D eigenvalue weighted by molar-refractivity contribution is 7.93. The average Bonchev–Trinajstić information content (AvgIpc) is 2.61. The van der Waals surface area contributed by atoms with Crippen molar-refractivity contribution in [3.05, 3.63) is 53.6 Å². The number of carbonyl (C=O) groups excluding carboxylic acids is 1. The standard InChI is InChI=1S/C17H14N2O4S/c1-23-13-6-7-15-14(10-13)16(20)8-9-19(15)24(21,22)17-5-3-2-4-12(17)11-18/h2-7,10H,8-9H2,1H3. The minimum atomic E-state index is -3.94. The van der Waals surface area contributed by atoms with Crippen LogP contribution in [0.25, 0.3) is 0 Å². The van der Waals surface area contributed by atoms with E-state index in [9.17, 15) is 18.5 Å². The monoisotopic (exact) mass is 342 g/mol. The number of hydrogen-bond acceptors (Lipinski definition) is 5. The molecule has 1 aliphatic heterocycles. The molecule has 2 aromatic carbocycles. The lowest BCUT2D eigenvalue weighted by Crippen LogP contribution is -2.37. The number of carbonyl (C=O) groups is 1. The molecule has 6 nitrogen and oxygen atoms in total. The Balaban J connectivity index is 2.16. The molecule has 1 aliphatic rings. The maximum Gasteiger partial charge on any atom is 0.265 e. The van der Waals surface area contributed by atoms with Gasteiger partial charge in [0.2, 0.25) is 0 Å². The zero-order chi connectivity index (χ0) is 17.3. The lowest BCUT2D eigenvalue weighted by molar-refractivity contribution is 0.0981. The molecule has 3 rings (SSSR count). The molecule has 0 saturated heterocycles. The summed E-state index contributed by atoms with van der Waals surface area (Å²) in [6.07, 6.45) is 0.0775. The first-order valence-corrected chi connectivity index (χ1v) is 8.66. The summed E-state index contributed by atoms with van der Waals surface area (Å²) in [4.78, 5) is 12.1. The first-order chi connectivity index (χ1) is 11.5. The van der Waals surface area contributed by atoms with Crippen molar-refractivity contribution in [2.75, 3.05) is 18.0 Å². The molecule has 0 amide bonds. The van der Waals surface area contributed by atoms with E-state index in [1.165, 1.54) is 29.6 Å². The lowest BCUT2D eigenvalue weighted by atomic mass is 10.0. The van der Waals surface area contributed by atoms with Crippen LogP contribution in [0.15, 0.2) is 47.4 Å². The Morgan fingerprint density at radius 3 is 2.67 bits per heavy atom. The zero-order valence-electron chi connectivity index (χ0n) is 12.9. The lowest BCUT2D eigenvalue weighted by Gasteiger charge is -2.30. The number of Topliss-reactive ketones (excluding diaryl/α,β-unsaturated/α-hetero) is 1. The maximum absolute atomic E-state index is 13.0. The Morgan fingerprint density at radius 1 is 1.21 bits per heavy atom. The van der Waals surface area contributed by atoms with Gasteiger partial charge in [0.25, 0.3) is 10.0 Å². The third-order valence-electron chi connectivity index (χ3n) is 3.89. The predicted molar refractivity (Wildman–Crippen MR) is 87.6 cm³/mol. The van der Waals surface area contributed by atoms with E-state index < -0.39 is 10.0 Å². The summed E-state index contributed by atoms with van der Waals surface area (Å²) in [5.41, 5.74) is 0.683. The number of hydrogen-bond donors (Lipinski definition) is 0. The van der Waals surface area contributed by atoms with Crippen molar-refractivity contribution in [3.63, 3.8) is 0 Å². The first kappa shape index (κ1) is 16.0. The molecule has 0 aliphatic carbocycles. The first-order valence-electron chi connectivity index (χ1n) is 7.22. The van der Waals surface area contributed by atoms with Gasteiger partial charge in [-0.25, -0.2) is 8.42 Å². The van der Waals surface area contributed by atoms with Crippen molar-refractivity contribution in [1.29, 1.82) is 5.26 Å². The Hall–Kier alpha value is -2.85. The number of nitrogens with zero attached hydrogens (tertiary/aromatic N) is 2. The van der Waals surface area contributed by atoms with E-state index in [0.717, 1.165) is 0 Å². The van der Waals surface area contributed by atoms with Gasteiger partial charge in [-0.05, 0) is 30.3 Å². The Bertz CT molecular complexity index is 961. The number of ketones is 1. The van der Waals surface area contributed by atoms with Crippen LogP contribution in [-0.4, -0.2) is 27.9 Å². The van der Waals surface area contributed by atoms with Crippen LogP contribution in [0, 0.1) is 11.3 Å². The second kappa shape index (κ2) is 5.98. The van der Waals surface area contributed by atoms with Crippen LogP contribution in [0.1, 0.15) is 22.3 Å². The van der Waals surface area contributed by atoms with Crippen molar-refractivity contribution in [3.8, 4) is 11.8 Å². The molecule has 1 heterocycles. The van der Waals surface area contributed by atoms with E-state index in [1.54, 1.807) is 24.3 Å². The topological polar surface area (TPSA) is 87.5 Å². The second-order valence-corrected chi connectivity index (χ2v) is 7.07. The summed E-state index contributed by atoms with van der Waals surface area (Å²) in [6, 6.07) is 12.6. The molecule has 0 fully saturated rings. The number of fused-ring (bicyclic) bond motifs is 1. The molecule has 0 aromatic heterocycles. The number of rotatable bonds is 3. The SMILES string of the molecule is COc1ccc2c(c1)C(=O)CCN2S(=O)(=O)c1ccccc1C#N. The van der Waals surface area contributed by atoms with Crippen LogP contribution in [0.5, 0.6) is 5.75 Å².